The van der Waals surface area contributed by atoms with Crippen LogP contribution in [0.15, 0.2) is 35.5 Å². The minimum absolute atomic E-state index is 0.213. The normalized spacial score (nSPS) is 37.7. The van der Waals surface area contributed by atoms with Crippen molar-refractivity contribution in [2.45, 2.75) is 109 Å². The zero-order chi connectivity index (χ0) is 23.0. The third-order valence-corrected chi connectivity index (χ3v) is 8.61. The molecule has 0 spiro atoms. The van der Waals surface area contributed by atoms with Crippen LogP contribution in [0.4, 0.5) is 0 Å². The van der Waals surface area contributed by atoms with Gasteiger partial charge in [-0.15, -0.1) is 0 Å². The third-order valence-electron chi connectivity index (χ3n) is 8.61. The summed E-state index contributed by atoms with van der Waals surface area (Å²) in [4.78, 5) is 0. The van der Waals surface area contributed by atoms with Gasteiger partial charge in [0, 0.05) is 0 Å². The van der Waals surface area contributed by atoms with Gasteiger partial charge in [-0.2, -0.15) is 0 Å². The van der Waals surface area contributed by atoms with E-state index in [-0.39, 0.29) is 17.4 Å². The van der Waals surface area contributed by atoms with Crippen molar-refractivity contribution in [3.8, 4) is 0 Å². The Kier molecular flexibility index (Phi) is 7.57. The van der Waals surface area contributed by atoms with Crippen LogP contribution < -0.4 is 0 Å². The zero-order valence-electron chi connectivity index (χ0n) is 20.0. The Bertz CT molecular complexity index is 715. The van der Waals surface area contributed by atoms with E-state index in [2.05, 4.69) is 32.6 Å². The number of aliphatic hydroxyl groups is 4. The fourth-order valence-corrected chi connectivity index (χ4v) is 6.75. The zero-order valence-corrected chi connectivity index (χ0v) is 20.0. The molecule has 3 aliphatic rings. The van der Waals surface area contributed by atoms with E-state index in [4.69, 9.17) is 0 Å². The van der Waals surface area contributed by atoms with Gasteiger partial charge in [-0.25, -0.2) is 0 Å². The molecule has 3 fully saturated rings. The Morgan fingerprint density at radius 1 is 1.16 bits per heavy atom. The van der Waals surface area contributed by atoms with Crippen LogP contribution in [0.25, 0.3) is 0 Å². The van der Waals surface area contributed by atoms with Crippen molar-refractivity contribution >= 4 is 0 Å². The van der Waals surface area contributed by atoms with E-state index in [9.17, 15) is 20.4 Å². The van der Waals surface area contributed by atoms with E-state index in [1.54, 1.807) is 13.8 Å². The van der Waals surface area contributed by atoms with Crippen LogP contribution >= 0.6 is 0 Å². The summed E-state index contributed by atoms with van der Waals surface area (Å²) in [6.45, 7) is 11.9. The van der Waals surface area contributed by atoms with Crippen LogP contribution in [0.3, 0.4) is 0 Å². The van der Waals surface area contributed by atoms with Crippen LogP contribution in [0.2, 0.25) is 0 Å². The predicted octanol–water partition coefficient (Wildman–Crippen LogP) is 4.68. The molecule has 4 heteroatoms. The first-order valence-corrected chi connectivity index (χ1v) is 12.3. The number of aliphatic hydroxyl groups excluding tert-OH is 3. The van der Waals surface area contributed by atoms with Crippen molar-refractivity contribution in [3.63, 3.8) is 0 Å². The molecule has 0 saturated heterocycles. The van der Waals surface area contributed by atoms with Gasteiger partial charge in [0.2, 0.25) is 0 Å². The second-order valence-corrected chi connectivity index (χ2v) is 11.4. The SMILES string of the molecule is C=C1CC[C@H](O)CC1=C/C=C1\CCC[C@@]2(C)[C@@H]1CC[C@@H]2[C@H](C)C[C@H](O)[C@H](O)C(C)(C)O. The summed E-state index contributed by atoms with van der Waals surface area (Å²) in [5.74, 6) is 1.35. The van der Waals surface area contributed by atoms with Gasteiger partial charge >= 0.3 is 0 Å². The first-order valence-electron chi connectivity index (χ1n) is 12.3. The highest BCUT2D eigenvalue weighted by Gasteiger charge is 2.51. The highest BCUT2D eigenvalue weighted by molar-refractivity contribution is 5.36. The van der Waals surface area contributed by atoms with Crippen molar-refractivity contribution in [2.75, 3.05) is 0 Å². The summed E-state index contributed by atoms with van der Waals surface area (Å²) in [5.41, 5.74) is 2.81. The smallest absolute Gasteiger partial charge is 0.108 e. The quantitative estimate of drug-likeness (QED) is 0.491. The standard InChI is InChI=1S/C27H44O4/c1-17-8-11-21(28)16-20(17)10-9-19-7-6-14-27(5)22(12-13-23(19)27)18(2)15-24(29)25(30)26(3,4)31/h9-10,18,21-25,28-31H,1,6-8,11-16H2,2-5H3/b19-9+,20-10?/t18-,21+,22-,23-,24+,25+,27-/m1/s1. The highest BCUT2D eigenvalue weighted by atomic mass is 16.4. The molecule has 0 heterocycles. The van der Waals surface area contributed by atoms with Crippen LogP contribution in [-0.4, -0.2) is 44.3 Å². The Labute approximate surface area is 188 Å². The van der Waals surface area contributed by atoms with Crippen molar-refractivity contribution in [2.24, 2.45) is 23.2 Å². The maximum absolute atomic E-state index is 10.5. The maximum Gasteiger partial charge on any atom is 0.108 e. The molecular formula is C27H44O4. The minimum atomic E-state index is -1.30. The lowest BCUT2D eigenvalue weighted by atomic mass is 9.60. The van der Waals surface area contributed by atoms with Gasteiger partial charge in [-0.3, -0.25) is 0 Å². The Morgan fingerprint density at radius 3 is 2.55 bits per heavy atom. The summed E-state index contributed by atoms with van der Waals surface area (Å²) < 4.78 is 0. The van der Waals surface area contributed by atoms with E-state index < -0.39 is 17.8 Å². The monoisotopic (exact) mass is 432 g/mol. The van der Waals surface area contributed by atoms with Crippen molar-refractivity contribution < 1.29 is 20.4 Å². The molecule has 0 aliphatic heterocycles. The van der Waals surface area contributed by atoms with Crippen LogP contribution in [-0.2, 0) is 0 Å². The molecule has 7 atom stereocenters. The van der Waals surface area contributed by atoms with Crippen molar-refractivity contribution in [1.29, 1.82) is 0 Å². The second-order valence-electron chi connectivity index (χ2n) is 11.4. The van der Waals surface area contributed by atoms with Gasteiger partial charge < -0.3 is 20.4 Å². The van der Waals surface area contributed by atoms with Crippen LogP contribution in [0.1, 0.15) is 85.5 Å². The third kappa shape index (κ3) is 5.35. The molecule has 3 rings (SSSR count). The fourth-order valence-electron chi connectivity index (χ4n) is 6.75. The van der Waals surface area contributed by atoms with Crippen LogP contribution in [0, 0.1) is 23.2 Å². The molecule has 0 aromatic heterocycles. The summed E-state index contributed by atoms with van der Waals surface area (Å²) >= 11 is 0. The van der Waals surface area contributed by atoms with Gasteiger partial charge in [-0.1, -0.05) is 43.7 Å². The average molecular weight is 433 g/mol. The Hall–Kier alpha value is -0.940. The van der Waals surface area contributed by atoms with E-state index in [0.717, 1.165) is 31.3 Å². The number of fused-ring (bicyclic) bond motifs is 1. The first kappa shape index (κ1) is 24.7. The lowest BCUT2D eigenvalue weighted by Crippen LogP contribution is -2.46. The van der Waals surface area contributed by atoms with Crippen molar-refractivity contribution in [3.05, 3.63) is 35.5 Å². The molecule has 0 amide bonds. The molecule has 3 aliphatic carbocycles. The molecule has 3 saturated carbocycles. The Morgan fingerprint density at radius 2 is 1.87 bits per heavy atom. The first-order chi connectivity index (χ1) is 14.4. The van der Waals surface area contributed by atoms with E-state index in [1.165, 1.54) is 30.4 Å². The summed E-state index contributed by atoms with van der Waals surface area (Å²) in [7, 11) is 0. The number of rotatable bonds is 6. The van der Waals surface area contributed by atoms with Gasteiger partial charge in [-0.05, 0) is 100 Å². The molecule has 0 aromatic rings. The molecule has 176 valence electrons. The van der Waals surface area contributed by atoms with Gasteiger partial charge in [0.1, 0.15) is 6.10 Å². The summed E-state index contributed by atoms with van der Waals surface area (Å²) in [6, 6.07) is 0. The van der Waals surface area contributed by atoms with E-state index >= 15 is 0 Å². The fraction of sp³-hybridized carbons (Fsp3) is 0.778. The number of allylic oxidation sites excluding steroid dienone is 4. The lowest BCUT2D eigenvalue weighted by Gasteiger charge is -2.45. The maximum atomic E-state index is 10.5. The van der Waals surface area contributed by atoms with Gasteiger partial charge in [0.25, 0.3) is 0 Å². The topological polar surface area (TPSA) is 80.9 Å². The summed E-state index contributed by atoms with van der Waals surface area (Å²) in [5, 5.41) is 40.9. The highest BCUT2D eigenvalue weighted by Crippen LogP contribution is 2.60. The molecule has 0 bridgehead atoms. The van der Waals surface area contributed by atoms with Gasteiger partial charge in [0.15, 0.2) is 0 Å². The molecule has 0 aromatic carbocycles. The lowest BCUT2D eigenvalue weighted by molar-refractivity contribution is -0.113. The molecule has 0 radical (unpaired) electrons. The minimum Gasteiger partial charge on any atom is -0.393 e. The van der Waals surface area contributed by atoms with Crippen molar-refractivity contribution in [1.82, 2.24) is 0 Å². The van der Waals surface area contributed by atoms with E-state index in [0.29, 0.717) is 24.7 Å². The van der Waals surface area contributed by atoms with E-state index in [1.807, 2.05) is 0 Å². The molecule has 4 N–H and O–H groups in total. The largest absolute Gasteiger partial charge is 0.393 e. The predicted molar refractivity (Wildman–Crippen MR) is 125 cm³/mol. The molecule has 31 heavy (non-hydrogen) atoms. The Balaban J connectivity index is 1.72. The number of hydrogen-bond donors (Lipinski definition) is 4. The van der Waals surface area contributed by atoms with Gasteiger partial charge in [0.05, 0.1) is 17.8 Å². The molecular weight excluding hydrogens is 388 g/mol. The van der Waals surface area contributed by atoms with Crippen LogP contribution in [0.5, 0.6) is 0 Å². The second kappa shape index (κ2) is 9.51. The summed E-state index contributed by atoms with van der Waals surface area (Å²) in [6.07, 6.45) is 11.0. The molecule has 4 nitrogen and oxygen atoms in total. The average Bonchev–Trinajstić information content (AvgIpc) is 3.04. The molecule has 0 unspecified atom stereocenters. The number of hydrogen-bond acceptors (Lipinski definition) is 4.